The minimum absolute atomic E-state index is 0.0882. The van der Waals surface area contributed by atoms with Crippen molar-refractivity contribution in [2.45, 2.75) is 13.0 Å². The zero-order valence-corrected chi connectivity index (χ0v) is 18.7. The number of hydrazone groups is 1. The van der Waals surface area contributed by atoms with Gasteiger partial charge in [-0.25, -0.2) is 18.9 Å². The molecule has 0 aliphatic heterocycles. The highest BCUT2D eigenvalue weighted by Crippen LogP contribution is 2.18. The summed E-state index contributed by atoms with van der Waals surface area (Å²) < 4.78 is 29.3. The maximum atomic E-state index is 14.3. The molecule has 33 heavy (non-hydrogen) atoms. The second kappa shape index (κ2) is 9.83. The number of carbonyl (C=O) groups is 1. The molecule has 0 saturated heterocycles. The van der Waals surface area contributed by atoms with Crippen LogP contribution in [0.3, 0.4) is 0 Å². The predicted molar refractivity (Wildman–Crippen MR) is 125 cm³/mol. The van der Waals surface area contributed by atoms with Crippen LogP contribution in [0.2, 0.25) is 0 Å². The fourth-order valence-corrected chi connectivity index (χ4v) is 3.64. The Kier molecular flexibility index (Phi) is 6.69. The van der Waals surface area contributed by atoms with Crippen molar-refractivity contribution in [2.75, 3.05) is 0 Å². The first kappa shape index (κ1) is 22.5. The van der Waals surface area contributed by atoms with Gasteiger partial charge < -0.3 is 0 Å². The Morgan fingerprint density at radius 2 is 1.85 bits per heavy atom. The fourth-order valence-electron chi connectivity index (χ4n) is 3.31. The molecule has 0 saturated carbocycles. The lowest BCUT2D eigenvalue weighted by molar-refractivity contribution is -0.120. The van der Waals surface area contributed by atoms with Gasteiger partial charge in [-0.15, -0.1) is 0 Å². The fraction of sp³-hybridized carbons (Fsp3) is 0.0833. The van der Waals surface area contributed by atoms with Gasteiger partial charge in [0.05, 0.1) is 30.3 Å². The largest absolute Gasteiger partial charge is 0.274 e. The molecule has 166 valence electrons. The molecule has 0 aliphatic carbocycles. The third-order valence-corrected chi connectivity index (χ3v) is 5.35. The molecule has 0 atom stereocenters. The van der Waals surface area contributed by atoms with Gasteiger partial charge in [-0.05, 0) is 35.9 Å². The normalized spacial score (nSPS) is 11.2. The average molecular weight is 511 g/mol. The molecular formula is C24H17BrF2N4O2. The summed E-state index contributed by atoms with van der Waals surface area (Å²) in [5.41, 5.74) is 3.12. The Morgan fingerprint density at radius 3 is 2.61 bits per heavy atom. The standard InChI is InChI=1S/C24H17BrF2N4O2/c25-17-9-8-16(21(27)11-17)14-31-24(33)20-7-2-1-6-19(20)22(30-31)12-23(32)29-28-13-15-4-3-5-18(26)10-15/h1-11,13H,12,14H2,(H,29,32)/b28-13+. The molecule has 1 aromatic heterocycles. The Bertz CT molecular complexity index is 1440. The van der Waals surface area contributed by atoms with Crippen LogP contribution in [0.15, 0.2) is 81.1 Å². The first-order valence-electron chi connectivity index (χ1n) is 9.91. The summed E-state index contributed by atoms with van der Waals surface area (Å²) in [5.74, 6) is -1.36. The molecule has 0 fully saturated rings. The van der Waals surface area contributed by atoms with Crippen molar-refractivity contribution in [1.29, 1.82) is 0 Å². The van der Waals surface area contributed by atoms with Gasteiger partial charge in [0.15, 0.2) is 0 Å². The second-order valence-electron chi connectivity index (χ2n) is 7.22. The summed E-state index contributed by atoms with van der Waals surface area (Å²) in [4.78, 5) is 25.4. The lowest BCUT2D eigenvalue weighted by atomic mass is 10.1. The Hall–Kier alpha value is -3.72. The van der Waals surface area contributed by atoms with E-state index in [2.05, 4.69) is 31.6 Å². The number of fused-ring (bicyclic) bond motifs is 1. The minimum Gasteiger partial charge on any atom is -0.273 e. The van der Waals surface area contributed by atoms with Gasteiger partial charge in [0.1, 0.15) is 11.6 Å². The second-order valence-corrected chi connectivity index (χ2v) is 8.13. The Labute approximate surface area is 195 Å². The highest BCUT2D eigenvalue weighted by Gasteiger charge is 2.15. The third-order valence-electron chi connectivity index (χ3n) is 4.86. The van der Waals surface area contributed by atoms with E-state index >= 15 is 0 Å². The van der Waals surface area contributed by atoms with Crippen molar-refractivity contribution >= 4 is 38.8 Å². The molecule has 0 radical (unpaired) electrons. The van der Waals surface area contributed by atoms with Gasteiger partial charge in [-0.3, -0.25) is 9.59 Å². The summed E-state index contributed by atoms with van der Waals surface area (Å²) in [6, 6.07) is 17.1. The number of benzene rings is 3. The van der Waals surface area contributed by atoms with E-state index in [1.165, 1.54) is 30.5 Å². The van der Waals surface area contributed by atoms with Crippen LogP contribution in [0.1, 0.15) is 16.8 Å². The summed E-state index contributed by atoms with van der Waals surface area (Å²) in [5, 5.41) is 9.08. The molecule has 0 unspecified atom stereocenters. The number of hydrogen-bond donors (Lipinski definition) is 1. The third kappa shape index (κ3) is 5.38. The molecule has 4 rings (SSSR count). The molecule has 1 heterocycles. The smallest absolute Gasteiger partial charge is 0.273 e. The van der Waals surface area contributed by atoms with E-state index in [4.69, 9.17) is 0 Å². The number of nitrogens with one attached hydrogen (secondary N) is 1. The van der Waals surface area contributed by atoms with Crippen LogP contribution in [-0.4, -0.2) is 21.9 Å². The molecule has 0 spiro atoms. The van der Waals surface area contributed by atoms with E-state index in [0.717, 1.165) is 4.68 Å². The van der Waals surface area contributed by atoms with Gasteiger partial charge >= 0.3 is 0 Å². The van der Waals surface area contributed by atoms with Crippen LogP contribution < -0.4 is 11.0 Å². The zero-order valence-electron chi connectivity index (χ0n) is 17.1. The van der Waals surface area contributed by atoms with Gasteiger partial charge in [-0.1, -0.05) is 52.3 Å². The number of rotatable bonds is 6. The number of carbonyl (C=O) groups excluding carboxylic acids is 1. The van der Waals surface area contributed by atoms with Crippen LogP contribution in [0, 0.1) is 11.6 Å². The summed E-state index contributed by atoms with van der Waals surface area (Å²) in [7, 11) is 0. The van der Waals surface area contributed by atoms with Crippen molar-refractivity contribution in [3.63, 3.8) is 0 Å². The van der Waals surface area contributed by atoms with Crippen molar-refractivity contribution in [2.24, 2.45) is 5.10 Å². The number of hydrogen-bond acceptors (Lipinski definition) is 4. The number of aromatic nitrogens is 2. The van der Waals surface area contributed by atoms with E-state index < -0.39 is 17.5 Å². The highest BCUT2D eigenvalue weighted by molar-refractivity contribution is 9.10. The van der Waals surface area contributed by atoms with Crippen LogP contribution in [0.4, 0.5) is 8.78 Å². The quantitative estimate of drug-likeness (QED) is 0.312. The molecule has 6 nitrogen and oxygen atoms in total. The topological polar surface area (TPSA) is 76.3 Å². The number of amides is 1. The van der Waals surface area contributed by atoms with Gasteiger partial charge in [0, 0.05) is 15.4 Å². The molecule has 1 N–H and O–H groups in total. The lowest BCUT2D eigenvalue weighted by Gasteiger charge is -2.11. The van der Waals surface area contributed by atoms with Gasteiger partial charge in [-0.2, -0.15) is 10.2 Å². The average Bonchev–Trinajstić information content (AvgIpc) is 2.79. The van der Waals surface area contributed by atoms with Crippen molar-refractivity contribution < 1.29 is 13.6 Å². The van der Waals surface area contributed by atoms with Crippen molar-refractivity contribution in [1.82, 2.24) is 15.2 Å². The maximum absolute atomic E-state index is 14.3. The summed E-state index contributed by atoms with van der Waals surface area (Å²) in [6.45, 7) is -0.0882. The SMILES string of the molecule is O=C(Cc1nn(Cc2ccc(Br)cc2F)c(=O)c2ccccc12)N/N=C/c1cccc(F)c1. The van der Waals surface area contributed by atoms with E-state index in [-0.39, 0.29) is 24.1 Å². The zero-order chi connectivity index (χ0) is 23.4. The first-order chi connectivity index (χ1) is 15.9. The summed E-state index contributed by atoms with van der Waals surface area (Å²) in [6.07, 6.45) is 1.16. The highest BCUT2D eigenvalue weighted by atomic mass is 79.9. The minimum atomic E-state index is -0.475. The molecular weight excluding hydrogens is 494 g/mol. The lowest BCUT2D eigenvalue weighted by Crippen LogP contribution is -2.28. The molecule has 3 aromatic carbocycles. The van der Waals surface area contributed by atoms with Gasteiger partial charge in [0.2, 0.25) is 5.91 Å². The first-order valence-corrected chi connectivity index (χ1v) is 10.7. The van der Waals surface area contributed by atoms with Crippen molar-refractivity contribution in [3.8, 4) is 0 Å². The van der Waals surface area contributed by atoms with Crippen LogP contribution >= 0.6 is 15.9 Å². The monoisotopic (exact) mass is 510 g/mol. The molecule has 0 bridgehead atoms. The summed E-state index contributed by atoms with van der Waals surface area (Å²) >= 11 is 3.21. The van der Waals surface area contributed by atoms with E-state index in [9.17, 15) is 18.4 Å². The Balaban J connectivity index is 1.60. The predicted octanol–water partition coefficient (Wildman–Crippen LogP) is 4.18. The number of halogens is 3. The molecule has 9 heteroatoms. The molecule has 1 amide bonds. The maximum Gasteiger partial charge on any atom is 0.274 e. The van der Waals surface area contributed by atoms with Crippen LogP contribution in [-0.2, 0) is 17.8 Å². The van der Waals surface area contributed by atoms with Gasteiger partial charge in [0.25, 0.3) is 5.56 Å². The van der Waals surface area contributed by atoms with E-state index in [1.807, 2.05) is 0 Å². The Morgan fingerprint density at radius 1 is 1.06 bits per heavy atom. The number of nitrogens with zero attached hydrogens (tertiary/aromatic N) is 3. The van der Waals surface area contributed by atoms with Crippen molar-refractivity contribution in [3.05, 3.63) is 110 Å². The molecule has 4 aromatic rings. The van der Waals surface area contributed by atoms with Crippen LogP contribution in [0.25, 0.3) is 10.8 Å². The van der Waals surface area contributed by atoms with E-state index in [0.29, 0.717) is 26.5 Å². The van der Waals surface area contributed by atoms with Crippen LogP contribution in [0.5, 0.6) is 0 Å². The molecule has 0 aliphatic rings. The van der Waals surface area contributed by atoms with E-state index in [1.54, 1.807) is 42.5 Å².